The highest BCUT2D eigenvalue weighted by molar-refractivity contribution is 8.00. The van der Waals surface area contributed by atoms with E-state index in [1.165, 1.54) is 0 Å². The lowest BCUT2D eigenvalue weighted by molar-refractivity contribution is -0.120. The minimum atomic E-state index is -0.0278. The van der Waals surface area contributed by atoms with Gasteiger partial charge >= 0.3 is 0 Å². The Balaban J connectivity index is 1.72. The summed E-state index contributed by atoms with van der Waals surface area (Å²) in [5.41, 5.74) is 0.978. The van der Waals surface area contributed by atoms with Crippen molar-refractivity contribution in [2.75, 3.05) is 25.2 Å². The van der Waals surface area contributed by atoms with E-state index in [1.807, 2.05) is 53.1 Å². The van der Waals surface area contributed by atoms with Crippen LogP contribution >= 0.6 is 11.8 Å². The van der Waals surface area contributed by atoms with Crippen LogP contribution in [-0.2, 0) is 4.79 Å². The molecular formula is C19H21NO3S. The molecule has 126 valence electrons. The molecule has 5 heteroatoms. The molecule has 2 aromatic carbocycles. The Hall–Kier alpha value is -2.14. The molecule has 1 atom stereocenters. The number of rotatable bonds is 4. The lowest BCUT2D eigenvalue weighted by Gasteiger charge is -2.22. The maximum Gasteiger partial charge on any atom is 0.264 e. The minimum absolute atomic E-state index is 0.0144. The predicted octanol–water partition coefficient (Wildman–Crippen LogP) is 3.99. The van der Waals surface area contributed by atoms with Gasteiger partial charge in [0.1, 0.15) is 11.5 Å². The third kappa shape index (κ3) is 3.85. The molecule has 1 unspecified atom stereocenters. The van der Waals surface area contributed by atoms with E-state index in [0.717, 1.165) is 17.0 Å². The van der Waals surface area contributed by atoms with Gasteiger partial charge in [-0.25, -0.2) is 0 Å². The predicted molar refractivity (Wildman–Crippen MR) is 97.2 cm³/mol. The summed E-state index contributed by atoms with van der Waals surface area (Å²) in [4.78, 5) is 15.7. The smallest absolute Gasteiger partial charge is 0.264 e. The number of ether oxygens (including phenoxy) is 2. The number of nitrogens with zero attached hydrogens (tertiary/aromatic N) is 1. The molecule has 1 aliphatic heterocycles. The van der Waals surface area contributed by atoms with E-state index >= 15 is 0 Å². The first-order valence-electron chi connectivity index (χ1n) is 8.00. The van der Waals surface area contributed by atoms with Crippen molar-refractivity contribution >= 4 is 23.4 Å². The number of fused-ring (bicyclic) bond motifs is 1. The summed E-state index contributed by atoms with van der Waals surface area (Å²) < 4.78 is 10.8. The summed E-state index contributed by atoms with van der Waals surface area (Å²) in [5, 5.41) is 0.489. The van der Waals surface area contributed by atoms with Gasteiger partial charge in [0.2, 0.25) is 0 Å². The van der Waals surface area contributed by atoms with Gasteiger partial charge in [-0.2, -0.15) is 0 Å². The van der Waals surface area contributed by atoms with E-state index in [0.29, 0.717) is 23.3 Å². The molecule has 24 heavy (non-hydrogen) atoms. The zero-order valence-corrected chi connectivity index (χ0v) is 14.7. The molecule has 0 aromatic heterocycles. The highest BCUT2D eigenvalue weighted by Crippen LogP contribution is 2.37. The van der Waals surface area contributed by atoms with Crippen LogP contribution in [0.25, 0.3) is 0 Å². The third-order valence-electron chi connectivity index (χ3n) is 3.95. The first kappa shape index (κ1) is 16.7. The number of carbonyl (C=O) groups excluding carboxylic acids is 1. The Morgan fingerprint density at radius 3 is 2.83 bits per heavy atom. The second-order valence-corrected chi connectivity index (χ2v) is 7.18. The van der Waals surface area contributed by atoms with Gasteiger partial charge in [-0.15, -0.1) is 11.8 Å². The van der Waals surface area contributed by atoms with Crippen LogP contribution in [0.5, 0.6) is 11.5 Å². The molecule has 0 bridgehead atoms. The van der Waals surface area contributed by atoms with Gasteiger partial charge in [-0.1, -0.05) is 25.1 Å². The number of thioether (sulfide) groups is 1. The molecule has 1 aliphatic rings. The second-order valence-electron chi connectivity index (χ2n) is 5.70. The van der Waals surface area contributed by atoms with Crippen molar-refractivity contribution in [2.45, 2.75) is 23.5 Å². The molecule has 0 fully saturated rings. The lowest BCUT2D eigenvalue weighted by Crippen LogP contribution is -2.36. The fourth-order valence-corrected chi connectivity index (χ4v) is 3.77. The lowest BCUT2D eigenvalue weighted by atomic mass is 10.2. The first-order valence-corrected chi connectivity index (χ1v) is 8.88. The summed E-state index contributed by atoms with van der Waals surface area (Å²) in [7, 11) is 1.61. The molecule has 0 spiro atoms. The normalized spacial score (nSPS) is 16.9. The van der Waals surface area contributed by atoms with Crippen molar-refractivity contribution < 1.29 is 14.3 Å². The Morgan fingerprint density at radius 2 is 2.00 bits per heavy atom. The van der Waals surface area contributed by atoms with E-state index in [9.17, 15) is 4.79 Å². The van der Waals surface area contributed by atoms with Crippen LogP contribution < -0.4 is 14.4 Å². The first-order chi connectivity index (χ1) is 11.7. The number of methoxy groups -OCH3 is 1. The molecular weight excluding hydrogens is 322 g/mol. The van der Waals surface area contributed by atoms with Crippen LogP contribution in [0.1, 0.15) is 13.3 Å². The number of amides is 1. The monoisotopic (exact) mass is 343 g/mol. The van der Waals surface area contributed by atoms with E-state index in [4.69, 9.17) is 9.47 Å². The molecule has 0 saturated carbocycles. The van der Waals surface area contributed by atoms with Gasteiger partial charge < -0.3 is 14.4 Å². The van der Waals surface area contributed by atoms with Crippen LogP contribution in [-0.4, -0.2) is 31.4 Å². The van der Waals surface area contributed by atoms with Gasteiger partial charge in [0, 0.05) is 22.8 Å². The summed E-state index contributed by atoms with van der Waals surface area (Å²) in [6.07, 6.45) is 0.963. The molecule has 0 aliphatic carbocycles. The van der Waals surface area contributed by atoms with Gasteiger partial charge in [0.25, 0.3) is 5.91 Å². The van der Waals surface area contributed by atoms with E-state index < -0.39 is 0 Å². The zero-order valence-electron chi connectivity index (χ0n) is 13.9. The van der Waals surface area contributed by atoms with Crippen LogP contribution in [0.3, 0.4) is 0 Å². The van der Waals surface area contributed by atoms with E-state index in [2.05, 4.69) is 13.0 Å². The van der Waals surface area contributed by atoms with Crippen molar-refractivity contribution in [3.05, 3.63) is 48.5 Å². The quantitative estimate of drug-likeness (QED) is 0.841. The maximum atomic E-state index is 12.7. The van der Waals surface area contributed by atoms with E-state index in [1.54, 1.807) is 13.2 Å². The molecule has 1 heterocycles. The maximum absolute atomic E-state index is 12.7. The van der Waals surface area contributed by atoms with Crippen LogP contribution in [0.2, 0.25) is 0 Å². The van der Waals surface area contributed by atoms with Crippen LogP contribution in [0, 0.1) is 0 Å². The number of hydrogen-bond acceptors (Lipinski definition) is 4. The highest BCUT2D eigenvalue weighted by atomic mass is 32.2. The summed E-state index contributed by atoms with van der Waals surface area (Å²) in [6, 6.07) is 15.4. The summed E-state index contributed by atoms with van der Waals surface area (Å²) in [5.74, 6) is 1.32. The molecule has 1 amide bonds. The molecule has 3 rings (SSSR count). The number of benzene rings is 2. The fraction of sp³-hybridized carbons (Fsp3) is 0.316. The fourth-order valence-electron chi connectivity index (χ4n) is 2.66. The average molecular weight is 343 g/mol. The Kier molecular flexibility index (Phi) is 5.30. The highest BCUT2D eigenvalue weighted by Gasteiger charge is 2.24. The Labute approximate surface area is 146 Å². The molecule has 0 N–H and O–H groups in total. The van der Waals surface area contributed by atoms with Crippen molar-refractivity contribution in [3.63, 3.8) is 0 Å². The minimum Gasteiger partial charge on any atom is -0.497 e. The van der Waals surface area contributed by atoms with Gasteiger partial charge in [0.05, 0.1) is 12.8 Å². The Morgan fingerprint density at radius 1 is 1.21 bits per heavy atom. The van der Waals surface area contributed by atoms with Crippen molar-refractivity contribution in [1.82, 2.24) is 0 Å². The van der Waals surface area contributed by atoms with Crippen LogP contribution in [0.4, 0.5) is 5.69 Å². The standard InChI is InChI=1S/C19H21NO3S/c1-14-10-11-20(17-8-3-4-9-18(17)24-14)19(21)13-23-16-7-5-6-15(12-16)22-2/h3-9,12,14H,10-11,13H2,1-2H3. The van der Waals surface area contributed by atoms with Gasteiger partial charge in [-0.05, 0) is 30.7 Å². The van der Waals surface area contributed by atoms with Gasteiger partial charge in [-0.3, -0.25) is 4.79 Å². The molecule has 0 radical (unpaired) electrons. The molecule has 0 saturated heterocycles. The third-order valence-corrected chi connectivity index (χ3v) is 5.19. The van der Waals surface area contributed by atoms with Crippen LogP contribution in [0.15, 0.2) is 53.4 Å². The van der Waals surface area contributed by atoms with Crippen molar-refractivity contribution in [2.24, 2.45) is 0 Å². The zero-order chi connectivity index (χ0) is 16.9. The van der Waals surface area contributed by atoms with Gasteiger partial charge in [0.15, 0.2) is 6.61 Å². The molecule has 2 aromatic rings. The van der Waals surface area contributed by atoms with Crippen molar-refractivity contribution in [1.29, 1.82) is 0 Å². The number of carbonyl (C=O) groups is 1. The SMILES string of the molecule is COc1cccc(OCC(=O)N2CCC(C)Sc3ccccc32)c1. The Bertz CT molecular complexity index is 719. The second kappa shape index (κ2) is 7.62. The van der Waals surface area contributed by atoms with E-state index in [-0.39, 0.29) is 12.5 Å². The topological polar surface area (TPSA) is 38.8 Å². The number of hydrogen-bond donors (Lipinski definition) is 0. The summed E-state index contributed by atoms with van der Waals surface area (Å²) in [6.45, 7) is 2.92. The summed E-state index contributed by atoms with van der Waals surface area (Å²) >= 11 is 1.82. The number of anilines is 1. The largest absolute Gasteiger partial charge is 0.497 e. The number of para-hydroxylation sites is 1. The molecule has 4 nitrogen and oxygen atoms in total. The average Bonchev–Trinajstić information content (AvgIpc) is 2.78. The van der Waals surface area contributed by atoms with Crippen molar-refractivity contribution in [3.8, 4) is 11.5 Å².